The van der Waals surface area contributed by atoms with Crippen molar-refractivity contribution in [2.45, 2.75) is 39.7 Å². The Hall–Kier alpha value is -0.0800. The summed E-state index contributed by atoms with van der Waals surface area (Å²) in [5.41, 5.74) is 0. The van der Waals surface area contributed by atoms with Gasteiger partial charge in [-0.2, -0.15) is 0 Å². The smallest absolute Gasteiger partial charge is 0.0130 e. The van der Waals surface area contributed by atoms with Gasteiger partial charge in [-0.1, -0.05) is 20.8 Å². The average Bonchev–Trinajstić information content (AvgIpc) is 2.15. The maximum atomic E-state index is 3.61. The van der Waals surface area contributed by atoms with Crippen LogP contribution in [-0.2, 0) is 0 Å². The van der Waals surface area contributed by atoms with Gasteiger partial charge in [0.1, 0.15) is 0 Å². The molecule has 0 bridgehead atoms. The van der Waals surface area contributed by atoms with Crippen molar-refractivity contribution in [2.75, 3.05) is 19.6 Å². The van der Waals surface area contributed by atoms with Crippen molar-refractivity contribution in [1.82, 2.24) is 10.6 Å². The Morgan fingerprint density at radius 1 is 1.46 bits per heavy atom. The number of rotatable bonds is 4. The Kier molecular flexibility index (Phi) is 4.74. The SMILES string of the molecule is CCN[C@@H](C(C)C)[C@@H]1CCCNC1. The highest BCUT2D eigenvalue weighted by Gasteiger charge is 2.24. The molecule has 78 valence electrons. The van der Waals surface area contributed by atoms with E-state index in [1.54, 1.807) is 0 Å². The molecule has 0 radical (unpaired) electrons. The number of hydrogen-bond acceptors (Lipinski definition) is 2. The van der Waals surface area contributed by atoms with Crippen LogP contribution in [0.1, 0.15) is 33.6 Å². The molecule has 1 aliphatic rings. The molecule has 2 heteroatoms. The molecule has 0 aliphatic carbocycles. The third-order valence-corrected chi connectivity index (χ3v) is 3.00. The van der Waals surface area contributed by atoms with E-state index >= 15 is 0 Å². The molecule has 0 saturated carbocycles. The van der Waals surface area contributed by atoms with Crippen molar-refractivity contribution in [3.8, 4) is 0 Å². The molecule has 2 N–H and O–H groups in total. The molecule has 0 aromatic carbocycles. The minimum Gasteiger partial charge on any atom is -0.316 e. The second-order valence-electron chi connectivity index (χ2n) is 4.43. The molecule has 0 aromatic heterocycles. The van der Waals surface area contributed by atoms with Gasteiger partial charge in [-0.3, -0.25) is 0 Å². The van der Waals surface area contributed by atoms with Crippen LogP contribution in [0.4, 0.5) is 0 Å². The fourth-order valence-electron chi connectivity index (χ4n) is 2.37. The van der Waals surface area contributed by atoms with Gasteiger partial charge in [0.25, 0.3) is 0 Å². The average molecular weight is 184 g/mol. The molecule has 0 unspecified atom stereocenters. The third-order valence-electron chi connectivity index (χ3n) is 3.00. The monoisotopic (exact) mass is 184 g/mol. The lowest BCUT2D eigenvalue weighted by molar-refractivity contribution is 0.238. The van der Waals surface area contributed by atoms with E-state index in [1.807, 2.05) is 0 Å². The number of piperidine rings is 1. The van der Waals surface area contributed by atoms with Crippen LogP contribution in [0.2, 0.25) is 0 Å². The van der Waals surface area contributed by atoms with E-state index in [-0.39, 0.29) is 0 Å². The van der Waals surface area contributed by atoms with Gasteiger partial charge in [-0.25, -0.2) is 0 Å². The fourth-order valence-corrected chi connectivity index (χ4v) is 2.37. The van der Waals surface area contributed by atoms with Crippen LogP contribution in [-0.4, -0.2) is 25.7 Å². The Balaban J connectivity index is 2.41. The molecule has 0 aromatic rings. The lowest BCUT2D eigenvalue weighted by Crippen LogP contribution is -2.46. The molecule has 0 spiro atoms. The Morgan fingerprint density at radius 2 is 2.23 bits per heavy atom. The van der Waals surface area contributed by atoms with Gasteiger partial charge >= 0.3 is 0 Å². The molecule has 1 heterocycles. The summed E-state index contributed by atoms with van der Waals surface area (Å²) in [5.74, 6) is 1.60. The summed E-state index contributed by atoms with van der Waals surface area (Å²) in [6.07, 6.45) is 2.74. The van der Waals surface area contributed by atoms with Gasteiger partial charge in [0, 0.05) is 6.04 Å². The lowest BCUT2D eigenvalue weighted by atomic mass is 9.85. The van der Waals surface area contributed by atoms with Crippen molar-refractivity contribution >= 4 is 0 Å². The van der Waals surface area contributed by atoms with Gasteiger partial charge in [0.15, 0.2) is 0 Å². The molecule has 1 rings (SSSR count). The molecule has 1 fully saturated rings. The zero-order chi connectivity index (χ0) is 9.68. The van der Waals surface area contributed by atoms with E-state index in [0.29, 0.717) is 6.04 Å². The summed E-state index contributed by atoms with van der Waals surface area (Å²) in [6, 6.07) is 0.706. The topological polar surface area (TPSA) is 24.1 Å². The highest BCUT2D eigenvalue weighted by molar-refractivity contribution is 4.82. The van der Waals surface area contributed by atoms with Crippen LogP contribution in [0, 0.1) is 11.8 Å². The Morgan fingerprint density at radius 3 is 2.69 bits per heavy atom. The largest absolute Gasteiger partial charge is 0.316 e. The molecule has 0 amide bonds. The minimum atomic E-state index is 0.706. The van der Waals surface area contributed by atoms with Gasteiger partial charge in [-0.05, 0) is 44.3 Å². The highest BCUT2D eigenvalue weighted by Crippen LogP contribution is 2.19. The van der Waals surface area contributed by atoms with Crippen molar-refractivity contribution in [3.05, 3.63) is 0 Å². The van der Waals surface area contributed by atoms with Crippen molar-refractivity contribution in [3.63, 3.8) is 0 Å². The summed E-state index contributed by atoms with van der Waals surface area (Å²) in [6.45, 7) is 10.4. The summed E-state index contributed by atoms with van der Waals surface area (Å²) in [7, 11) is 0. The maximum absolute atomic E-state index is 3.61. The standard InChI is InChI=1S/C11H24N2/c1-4-13-11(9(2)3)10-6-5-7-12-8-10/h9-13H,4-8H2,1-3H3/t10-,11+/m1/s1. The first kappa shape index (κ1) is 11.0. The maximum Gasteiger partial charge on any atom is 0.0130 e. The summed E-state index contributed by atoms with van der Waals surface area (Å²) in [4.78, 5) is 0. The van der Waals surface area contributed by atoms with E-state index < -0.39 is 0 Å². The van der Waals surface area contributed by atoms with Crippen LogP contribution in [0.3, 0.4) is 0 Å². The van der Waals surface area contributed by atoms with Crippen LogP contribution >= 0.6 is 0 Å². The molecular weight excluding hydrogens is 160 g/mol. The van der Waals surface area contributed by atoms with Crippen LogP contribution in [0.5, 0.6) is 0 Å². The first-order chi connectivity index (χ1) is 6.25. The van der Waals surface area contributed by atoms with Crippen LogP contribution < -0.4 is 10.6 Å². The normalized spacial score (nSPS) is 26.3. The number of hydrogen-bond donors (Lipinski definition) is 2. The lowest BCUT2D eigenvalue weighted by Gasteiger charge is -2.33. The Labute approximate surface area is 82.5 Å². The summed E-state index contributed by atoms with van der Waals surface area (Å²) >= 11 is 0. The van der Waals surface area contributed by atoms with E-state index in [2.05, 4.69) is 31.4 Å². The fraction of sp³-hybridized carbons (Fsp3) is 1.00. The first-order valence-electron chi connectivity index (χ1n) is 5.69. The zero-order valence-electron chi connectivity index (χ0n) is 9.27. The van der Waals surface area contributed by atoms with Gasteiger partial charge < -0.3 is 10.6 Å². The quantitative estimate of drug-likeness (QED) is 0.694. The predicted octanol–water partition coefficient (Wildman–Crippen LogP) is 1.62. The van der Waals surface area contributed by atoms with Crippen molar-refractivity contribution < 1.29 is 0 Å². The molecule has 2 atom stereocenters. The van der Waals surface area contributed by atoms with Gasteiger partial charge in [0.2, 0.25) is 0 Å². The van der Waals surface area contributed by atoms with Gasteiger partial charge in [-0.15, -0.1) is 0 Å². The summed E-state index contributed by atoms with van der Waals surface area (Å²) < 4.78 is 0. The third kappa shape index (κ3) is 3.28. The van der Waals surface area contributed by atoms with Crippen molar-refractivity contribution in [1.29, 1.82) is 0 Å². The second kappa shape index (κ2) is 5.61. The molecule has 1 aliphatic heterocycles. The first-order valence-corrected chi connectivity index (χ1v) is 5.69. The van der Waals surface area contributed by atoms with Crippen molar-refractivity contribution in [2.24, 2.45) is 11.8 Å². The molecular formula is C11H24N2. The summed E-state index contributed by atoms with van der Waals surface area (Å²) in [5, 5.41) is 7.10. The van der Waals surface area contributed by atoms with Gasteiger partial charge in [0.05, 0.1) is 0 Å². The van der Waals surface area contributed by atoms with E-state index in [9.17, 15) is 0 Å². The number of nitrogens with one attached hydrogen (secondary N) is 2. The molecule has 13 heavy (non-hydrogen) atoms. The van der Waals surface area contributed by atoms with E-state index in [0.717, 1.165) is 18.4 Å². The molecule has 2 nitrogen and oxygen atoms in total. The Bertz CT molecular complexity index is 128. The minimum absolute atomic E-state index is 0.706. The highest BCUT2D eigenvalue weighted by atomic mass is 15.0. The predicted molar refractivity (Wildman–Crippen MR) is 57.9 cm³/mol. The van der Waals surface area contributed by atoms with Crippen LogP contribution in [0.25, 0.3) is 0 Å². The van der Waals surface area contributed by atoms with Crippen LogP contribution in [0.15, 0.2) is 0 Å². The van der Waals surface area contributed by atoms with E-state index in [4.69, 9.17) is 0 Å². The second-order valence-corrected chi connectivity index (χ2v) is 4.43. The molecule has 1 saturated heterocycles. The zero-order valence-corrected chi connectivity index (χ0v) is 9.27. The van der Waals surface area contributed by atoms with E-state index in [1.165, 1.54) is 25.9 Å².